The molecule has 9 heteroatoms. The molecule has 168 valence electrons. The molecule has 32 heavy (non-hydrogen) atoms. The first-order chi connectivity index (χ1) is 15.4. The molecule has 0 saturated heterocycles. The molecule has 0 atom stereocenters. The molecule has 0 radical (unpaired) electrons. The molecule has 0 N–H and O–H groups in total. The van der Waals surface area contributed by atoms with Gasteiger partial charge < -0.3 is 23.0 Å². The van der Waals surface area contributed by atoms with Gasteiger partial charge in [0.1, 0.15) is 17.2 Å². The maximum absolute atomic E-state index is 12.7. The minimum atomic E-state index is -0.590. The van der Waals surface area contributed by atoms with E-state index in [1.165, 1.54) is 0 Å². The van der Waals surface area contributed by atoms with Crippen molar-refractivity contribution in [3.63, 3.8) is 0 Å². The van der Waals surface area contributed by atoms with Gasteiger partial charge in [-0.05, 0) is 44.5 Å². The van der Waals surface area contributed by atoms with Gasteiger partial charge in [-0.15, -0.1) is 0 Å². The van der Waals surface area contributed by atoms with E-state index in [0.717, 1.165) is 5.56 Å². The van der Waals surface area contributed by atoms with E-state index in [2.05, 4.69) is 9.97 Å². The first-order valence-electron chi connectivity index (χ1n) is 9.90. The molecule has 0 unspecified atom stereocenters. The normalized spacial score (nSPS) is 11.0. The Morgan fingerprint density at radius 1 is 0.969 bits per heavy atom. The molecular weight excluding hydrogens is 416 g/mol. The van der Waals surface area contributed by atoms with Gasteiger partial charge in [0.15, 0.2) is 23.0 Å². The van der Waals surface area contributed by atoms with Gasteiger partial charge in [0.05, 0.1) is 27.2 Å². The number of carbonyl (C=O) groups excluding carboxylic acids is 2. The molecule has 2 aromatic heterocycles. The topological polar surface area (TPSA) is 114 Å². The molecule has 3 rings (SSSR count). The third-order valence-electron chi connectivity index (χ3n) is 4.52. The standard InChI is InChI=1S/C23H24N2O7/c1-6-30-23(27)22-14(3)32-20(25-22)12-16(26)21-13(2)31-19(24-21)10-8-15-7-9-17(28-4)18(11-15)29-5/h7-11H,6,12H2,1-5H3/b10-8+. The number of ketones is 1. The Morgan fingerprint density at radius 3 is 2.38 bits per heavy atom. The summed E-state index contributed by atoms with van der Waals surface area (Å²) in [5, 5.41) is 0. The van der Waals surface area contributed by atoms with Crippen molar-refractivity contribution in [1.29, 1.82) is 0 Å². The number of rotatable bonds is 9. The number of Topliss-reactive ketones (excluding diaryl/α,β-unsaturated/α-hetero) is 1. The zero-order chi connectivity index (χ0) is 23.3. The van der Waals surface area contributed by atoms with Crippen LogP contribution in [0.4, 0.5) is 0 Å². The Bertz CT molecular complexity index is 1160. The second-order valence-corrected chi connectivity index (χ2v) is 6.74. The Labute approximate surface area is 185 Å². The number of methoxy groups -OCH3 is 2. The maximum Gasteiger partial charge on any atom is 0.360 e. The lowest BCUT2D eigenvalue weighted by molar-refractivity contribution is 0.0518. The van der Waals surface area contributed by atoms with Gasteiger partial charge in [0.2, 0.25) is 11.8 Å². The molecule has 0 fully saturated rings. The molecule has 0 aliphatic rings. The Hall–Kier alpha value is -3.88. The first kappa shape index (κ1) is 22.8. The third-order valence-corrected chi connectivity index (χ3v) is 4.52. The van der Waals surface area contributed by atoms with Crippen molar-refractivity contribution in [2.45, 2.75) is 27.2 Å². The summed E-state index contributed by atoms with van der Waals surface area (Å²) in [5.74, 6) is 1.34. The minimum absolute atomic E-state index is 0.0602. The lowest BCUT2D eigenvalue weighted by Gasteiger charge is -2.07. The van der Waals surface area contributed by atoms with Gasteiger partial charge in [0, 0.05) is 6.08 Å². The van der Waals surface area contributed by atoms with Crippen molar-refractivity contribution in [3.8, 4) is 11.5 Å². The van der Waals surface area contributed by atoms with Crippen molar-refractivity contribution in [3.05, 3.63) is 58.5 Å². The van der Waals surface area contributed by atoms with E-state index in [-0.39, 0.29) is 42.0 Å². The summed E-state index contributed by atoms with van der Waals surface area (Å²) in [6, 6.07) is 5.45. The van der Waals surface area contributed by atoms with Crippen LogP contribution in [-0.2, 0) is 11.2 Å². The molecule has 0 aliphatic heterocycles. The number of benzene rings is 1. The lowest BCUT2D eigenvalue weighted by Crippen LogP contribution is -2.08. The van der Waals surface area contributed by atoms with E-state index >= 15 is 0 Å². The summed E-state index contributed by atoms with van der Waals surface area (Å²) in [6.45, 7) is 5.16. The second-order valence-electron chi connectivity index (χ2n) is 6.74. The molecule has 2 heterocycles. The fraction of sp³-hybridized carbons (Fsp3) is 0.304. The zero-order valence-corrected chi connectivity index (χ0v) is 18.6. The molecule has 9 nitrogen and oxygen atoms in total. The van der Waals surface area contributed by atoms with Crippen LogP contribution in [0.25, 0.3) is 12.2 Å². The number of aromatic nitrogens is 2. The van der Waals surface area contributed by atoms with Crippen molar-refractivity contribution in [2.75, 3.05) is 20.8 Å². The van der Waals surface area contributed by atoms with Crippen LogP contribution >= 0.6 is 0 Å². The van der Waals surface area contributed by atoms with Crippen molar-refractivity contribution in [1.82, 2.24) is 9.97 Å². The summed E-state index contributed by atoms with van der Waals surface area (Å²) < 4.78 is 26.5. The fourth-order valence-corrected chi connectivity index (χ4v) is 3.01. The van der Waals surface area contributed by atoms with E-state index in [1.807, 2.05) is 12.1 Å². The zero-order valence-electron chi connectivity index (χ0n) is 18.6. The first-order valence-corrected chi connectivity index (χ1v) is 9.90. The van der Waals surface area contributed by atoms with Crippen molar-refractivity contribution < 1.29 is 32.6 Å². The smallest absolute Gasteiger partial charge is 0.360 e. The van der Waals surface area contributed by atoms with E-state index in [4.69, 9.17) is 23.0 Å². The predicted molar refractivity (Wildman–Crippen MR) is 115 cm³/mol. The van der Waals surface area contributed by atoms with E-state index in [0.29, 0.717) is 23.0 Å². The third kappa shape index (κ3) is 5.05. The van der Waals surface area contributed by atoms with Crippen molar-refractivity contribution in [2.24, 2.45) is 0 Å². The number of hydrogen-bond donors (Lipinski definition) is 0. The minimum Gasteiger partial charge on any atom is -0.493 e. The van der Waals surface area contributed by atoms with Crippen LogP contribution in [0.5, 0.6) is 11.5 Å². The monoisotopic (exact) mass is 440 g/mol. The Balaban J connectivity index is 1.74. The highest BCUT2D eigenvalue weighted by molar-refractivity contribution is 5.96. The SMILES string of the molecule is CCOC(=O)c1nc(CC(=O)c2nc(/C=C/c3ccc(OC)c(OC)c3)oc2C)oc1C. The molecule has 1 aromatic carbocycles. The number of nitrogens with zero attached hydrogens (tertiary/aromatic N) is 2. The largest absolute Gasteiger partial charge is 0.493 e. The molecular formula is C23H24N2O7. The second kappa shape index (κ2) is 9.95. The number of aryl methyl sites for hydroxylation is 2. The molecule has 0 amide bonds. The quantitative estimate of drug-likeness (QED) is 0.359. The fourth-order valence-electron chi connectivity index (χ4n) is 3.01. The molecule has 3 aromatic rings. The average Bonchev–Trinajstić information content (AvgIpc) is 3.33. The number of hydrogen-bond acceptors (Lipinski definition) is 9. The highest BCUT2D eigenvalue weighted by atomic mass is 16.5. The molecule has 0 spiro atoms. The number of carbonyl (C=O) groups is 2. The van der Waals surface area contributed by atoms with Crippen molar-refractivity contribution >= 4 is 23.9 Å². The summed E-state index contributed by atoms with van der Waals surface area (Å²) in [4.78, 5) is 32.9. The highest BCUT2D eigenvalue weighted by Gasteiger charge is 2.23. The molecule has 0 saturated carbocycles. The average molecular weight is 440 g/mol. The predicted octanol–water partition coefficient (Wildman–Crippen LogP) is 4.07. The van der Waals surface area contributed by atoms with E-state index in [1.54, 1.807) is 53.2 Å². The van der Waals surface area contributed by atoms with Crippen LogP contribution in [-0.4, -0.2) is 42.5 Å². The van der Waals surface area contributed by atoms with Crippen LogP contribution in [0.3, 0.4) is 0 Å². The molecule has 0 bridgehead atoms. The lowest BCUT2D eigenvalue weighted by atomic mass is 10.2. The van der Waals surface area contributed by atoms with Gasteiger partial charge in [-0.1, -0.05) is 6.07 Å². The van der Waals surface area contributed by atoms with Crippen LogP contribution < -0.4 is 9.47 Å². The Kier molecular flexibility index (Phi) is 7.09. The number of ether oxygens (including phenoxy) is 3. The molecule has 0 aliphatic carbocycles. The maximum atomic E-state index is 12.7. The summed E-state index contributed by atoms with van der Waals surface area (Å²) in [7, 11) is 3.13. The highest BCUT2D eigenvalue weighted by Crippen LogP contribution is 2.28. The van der Waals surface area contributed by atoms with E-state index in [9.17, 15) is 9.59 Å². The van der Waals surface area contributed by atoms with Crippen LogP contribution in [0, 0.1) is 13.8 Å². The van der Waals surface area contributed by atoms with Crippen LogP contribution in [0.2, 0.25) is 0 Å². The van der Waals surface area contributed by atoms with Gasteiger partial charge in [-0.2, -0.15) is 0 Å². The van der Waals surface area contributed by atoms with Crippen LogP contribution in [0.1, 0.15) is 56.8 Å². The summed E-state index contributed by atoms with van der Waals surface area (Å²) in [6.07, 6.45) is 3.27. The number of oxazole rings is 2. The van der Waals surface area contributed by atoms with Gasteiger partial charge in [-0.3, -0.25) is 4.79 Å². The Morgan fingerprint density at radius 2 is 1.69 bits per heavy atom. The van der Waals surface area contributed by atoms with Gasteiger partial charge >= 0.3 is 5.97 Å². The van der Waals surface area contributed by atoms with Gasteiger partial charge in [-0.25, -0.2) is 14.8 Å². The van der Waals surface area contributed by atoms with E-state index < -0.39 is 5.97 Å². The van der Waals surface area contributed by atoms with Crippen LogP contribution in [0.15, 0.2) is 27.0 Å². The summed E-state index contributed by atoms with van der Waals surface area (Å²) in [5.41, 5.74) is 1.07. The number of esters is 1. The summed E-state index contributed by atoms with van der Waals surface area (Å²) >= 11 is 0. The van der Waals surface area contributed by atoms with Gasteiger partial charge in [0.25, 0.3) is 0 Å².